The zero-order valence-electron chi connectivity index (χ0n) is 18.8. The lowest BCUT2D eigenvalue weighted by atomic mass is 9.90. The summed E-state index contributed by atoms with van der Waals surface area (Å²) in [4.78, 5) is 16.6. The van der Waals surface area contributed by atoms with Crippen LogP contribution in [-0.2, 0) is 6.18 Å². The molecule has 2 N–H and O–H groups in total. The molecule has 2 aromatic carbocycles. The second-order valence-electron chi connectivity index (χ2n) is 8.69. The Hall–Kier alpha value is -3.73. The molecule has 2 atom stereocenters. The minimum Gasteiger partial charge on any atom is -0.382 e. The second-order valence-corrected chi connectivity index (χ2v) is 9.13. The van der Waals surface area contributed by atoms with Crippen LogP contribution in [0.2, 0.25) is 5.02 Å². The lowest BCUT2D eigenvalue weighted by Gasteiger charge is -2.31. The SMILES string of the molecule is O=C(N[C@@H]1CCC[C@H](Nc2cc(C(F)(F)F)nc3ccc(Cl)cc23)C1)c1ccc(-n2cnnn2)cc1. The van der Waals surface area contributed by atoms with Crippen molar-refractivity contribution in [2.24, 2.45) is 0 Å². The first-order chi connectivity index (χ1) is 17.3. The summed E-state index contributed by atoms with van der Waals surface area (Å²) in [7, 11) is 0. The van der Waals surface area contributed by atoms with E-state index in [0.717, 1.165) is 31.0 Å². The largest absolute Gasteiger partial charge is 0.433 e. The lowest BCUT2D eigenvalue weighted by molar-refractivity contribution is -0.140. The second kappa shape index (κ2) is 9.73. The van der Waals surface area contributed by atoms with E-state index in [2.05, 4.69) is 31.1 Å². The van der Waals surface area contributed by atoms with Crippen LogP contribution >= 0.6 is 11.6 Å². The molecule has 2 aromatic heterocycles. The summed E-state index contributed by atoms with van der Waals surface area (Å²) < 4.78 is 41.8. The van der Waals surface area contributed by atoms with E-state index < -0.39 is 11.9 Å². The number of nitrogens with one attached hydrogen (secondary N) is 2. The van der Waals surface area contributed by atoms with Crippen LogP contribution in [0.3, 0.4) is 0 Å². The number of nitrogens with zero attached hydrogens (tertiary/aromatic N) is 5. The van der Waals surface area contributed by atoms with Crippen molar-refractivity contribution >= 4 is 34.1 Å². The lowest BCUT2D eigenvalue weighted by Crippen LogP contribution is -2.41. The first-order valence-electron chi connectivity index (χ1n) is 11.3. The molecule has 1 amide bonds. The third kappa shape index (κ3) is 5.25. The molecule has 12 heteroatoms. The summed E-state index contributed by atoms with van der Waals surface area (Å²) in [5, 5.41) is 18.2. The van der Waals surface area contributed by atoms with Crippen LogP contribution in [0.4, 0.5) is 18.9 Å². The molecule has 1 fully saturated rings. The maximum absolute atomic E-state index is 13.5. The van der Waals surface area contributed by atoms with Crippen LogP contribution in [0.15, 0.2) is 54.9 Å². The summed E-state index contributed by atoms with van der Waals surface area (Å²) in [5.41, 5.74) is 0.783. The van der Waals surface area contributed by atoms with Gasteiger partial charge in [-0.05, 0) is 84.6 Å². The average molecular weight is 516 g/mol. The van der Waals surface area contributed by atoms with Crippen molar-refractivity contribution < 1.29 is 18.0 Å². The van der Waals surface area contributed by atoms with Crippen molar-refractivity contribution in [3.05, 3.63) is 71.1 Å². The number of amides is 1. The molecule has 1 aliphatic rings. The Kier molecular flexibility index (Phi) is 6.48. The highest BCUT2D eigenvalue weighted by Crippen LogP contribution is 2.35. The van der Waals surface area contributed by atoms with Gasteiger partial charge in [-0.3, -0.25) is 4.79 Å². The van der Waals surface area contributed by atoms with Gasteiger partial charge in [-0.2, -0.15) is 13.2 Å². The van der Waals surface area contributed by atoms with Gasteiger partial charge in [0.25, 0.3) is 5.91 Å². The molecular weight excluding hydrogens is 495 g/mol. The number of tetrazole rings is 1. The summed E-state index contributed by atoms with van der Waals surface area (Å²) >= 11 is 6.10. The Morgan fingerprint density at radius 1 is 1.06 bits per heavy atom. The molecule has 0 unspecified atom stereocenters. The smallest absolute Gasteiger partial charge is 0.382 e. The van der Waals surface area contributed by atoms with Crippen molar-refractivity contribution in [1.82, 2.24) is 30.5 Å². The number of alkyl halides is 3. The number of halogens is 4. The van der Waals surface area contributed by atoms with Crippen molar-refractivity contribution in [3.63, 3.8) is 0 Å². The number of benzene rings is 2. The first-order valence-corrected chi connectivity index (χ1v) is 11.7. The van der Waals surface area contributed by atoms with Gasteiger partial charge in [0.1, 0.15) is 12.0 Å². The van der Waals surface area contributed by atoms with E-state index in [9.17, 15) is 18.0 Å². The van der Waals surface area contributed by atoms with E-state index in [1.165, 1.54) is 23.1 Å². The number of hydrogen-bond acceptors (Lipinski definition) is 6. The van der Waals surface area contributed by atoms with Crippen molar-refractivity contribution in [2.45, 2.75) is 43.9 Å². The topological polar surface area (TPSA) is 97.6 Å². The molecule has 0 spiro atoms. The number of aromatic nitrogens is 5. The van der Waals surface area contributed by atoms with Crippen LogP contribution in [-0.4, -0.2) is 43.2 Å². The number of anilines is 1. The number of pyridine rings is 1. The molecule has 4 aromatic rings. The quantitative estimate of drug-likeness (QED) is 0.386. The minimum atomic E-state index is -4.58. The fourth-order valence-electron chi connectivity index (χ4n) is 4.45. The minimum absolute atomic E-state index is 0.123. The summed E-state index contributed by atoms with van der Waals surface area (Å²) in [6, 6.07) is 12.2. The van der Waals surface area contributed by atoms with Crippen LogP contribution in [0.25, 0.3) is 16.6 Å². The maximum atomic E-state index is 13.5. The van der Waals surface area contributed by atoms with Crippen molar-refractivity contribution in [2.75, 3.05) is 5.32 Å². The highest BCUT2D eigenvalue weighted by Gasteiger charge is 2.34. The Morgan fingerprint density at radius 2 is 1.83 bits per heavy atom. The maximum Gasteiger partial charge on any atom is 0.433 e. The van der Waals surface area contributed by atoms with Crippen molar-refractivity contribution in [1.29, 1.82) is 0 Å². The number of fused-ring (bicyclic) bond motifs is 1. The molecule has 0 saturated heterocycles. The Morgan fingerprint density at radius 3 is 2.56 bits per heavy atom. The fraction of sp³-hybridized carbons (Fsp3) is 0.292. The van der Waals surface area contributed by atoms with E-state index in [4.69, 9.17) is 11.6 Å². The highest BCUT2D eigenvalue weighted by molar-refractivity contribution is 6.31. The molecule has 2 heterocycles. The van der Waals surface area contributed by atoms with E-state index >= 15 is 0 Å². The number of rotatable bonds is 5. The van der Waals surface area contributed by atoms with Crippen LogP contribution < -0.4 is 10.6 Å². The van der Waals surface area contributed by atoms with Gasteiger partial charge in [-0.25, -0.2) is 9.67 Å². The van der Waals surface area contributed by atoms with Crippen molar-refractivity contribution in [3.8, 4) is 5.69 Å². The Labute approximate surface area is 208 Å². The predicted octanol–water partition coefficient (Wildman–Crippen LogP) is 5.04. The van der Waals surface area contributed by atoms with E-state index in [0.29, 0.717) is 28.1 Å². The molecule has 0 aliphatic heterocycles. The standard InChI is InChI=1S/C24H21ClF3N7O/c25-15-6-9-20-19(10-15)21(12-22(32-20)24(26,27)28)30-16-2-1-3-17(11-16)31-23(36)14-4-7-18(8-5-14)35-13-29-33-34-35/h4-10,12-13,16-17H,1-3,11H2,(H,30,32)(H,31,36)/t16-,17+/m0/s1. The average Bonchev–Trinajstić information content (AvgIpc) is 3.39. The van der Waals surface area contributed by atoms with Crippen LogP contribution in [0.1, 0.15) is 41.7 Å². The van der Waals surface area contributed by atoms with Gasteiger partial charge in [0.05, 0.1) is 11.2 Å². The molecule has 0 radical (unpaired) electrons. The molecule has 1 aliphatic carbocycles. The molecule has 8 nitrogen and oxygen atoms in total. The summed E-state index contributed by atoms with van der Waals surface area (Å²) in [5.74, 6) is -0.218. The van der Waals surface area contributed by atoms with Gasteiger partial charge in [0, 0.05) is 33.7 Å². The number of carbonyl (C=O) groups is 1. The molecular formula is C24H21ClF3N7O. The zero-order valence-corrected chi connectivity index (χ0v) is 19.6. The number of hydrogen-bond donors (Lipinski definition) is 2. The van der Waals surface area contributed by atoms with Gasteiger partial charge in [-0.15, -0.1) is 5.10 Å². The van der Waals surface area contributed by atoms with E-state index in [-0.39, 0.29) is 23.5 Å². The predicted molar refractivity (Wildman–Crippen MR) is 128 cm³/mol. The Balaban J connectivity index is 1.29. The number of carbonyl (C=O) groups excluding carboxylic acids is 1. The monoisotopic (exact) mass is 515 g/mol. The van der Waals surface area contributed by atoms with Gasteiger partial charge in [0.15, 0.2) is 0 Å². The molecule has 36 heavy (non-hydrogen) atoms. The summed E-state index contributed by atoms with van der Waals surface area (Å²) in [6.45, 7) is 0. The van der Waals surface area contributed by atoms with Crippen LogP contribution in [0.5, 0.6) is 0 Å². The Bertz CT molecular complexity index is 1380. The molecule has 0 bridgehead atoms. The molecule has 1 saturated carbocycles. The molecule has 186 valence electrons. The fourth-order valence-corrected chi connectivity index (χ4v) is 4.62. The van der Waals surface area contributed by atoms with E-state index in [1.807, 2.05) is 0 Å². The highest BCUT2D eigenvalue weighted by atomic mass is 35.5. The van der Waals surface area contributed by atoms with Crippen LogP contribution in [0, 0.1) is 0 Å². The van der Waals surface area contributed by atoms with Gasteiger partial charge in [0.2, 0.25) is 0 Å². The normalized spacial score (nSPS) is 18.2. The van der Waals surface area contributed by atoms with Gasteiger partial charge in [-0.1, -0.05) is 11.6 Å². The third-order valence-electron chi connectivity index (χ3n) is 6.17. The van der Waals surface area contributed by atoms with Gasteiger partial charge >= 0.3 is 6.18 Å². The first kappa shape index (κ1) is 24.0. The van der Waals surface area contributed by atoms with E-state index in [1.54, 1.807) is 30.3 Å². The summed E-state index contributed by atoms with van der Waals surface area (Å²) in [6.07, 6.45) is -0.186. The molecule has 5 rings (SSSR count). The third-order valence-corrected chi connectivity index (χ3v) is 6.41. The zero-order chi connectivity index (χ0) is 25.3. The van der Waals surface area contributed by atoms with Gasteiger partial charge < -0.3 is 10.6 Å².